The number of anilines is 1. The third-order valence-electron chi connectivity index (χ3n) is 6.15. The first-order valence-corrected chi connectivity index (χ1v) is 9.65. The van der Waals surface area contributed by atoms with E-state index >= 15 is 0 Å². The van der Waals surface area contributed by atoms with Crippen LogP contribution in [0.5, 0.6) is 0 Å². The van der Waals surface area contributed by atoms with Gasteiger partial charge in [-0.05, 0) is 44.2 Å². The van der Waals surface area contributed by atoms with Gasteiger partial charge in [0.1, 0.15) is 0 Å². The number of carbonyl (C=O) groups is 1. The Morgan fingerprint density at radius 1 is 1.17 bits per heavy atom. The largest absolute Gasteiger partial charge is 0.317 e. The predicted octanol–water partition coefficient (Wildman–Crippen LogP) is 2.44. The molecule has 24 heavy (non-hydrogen) atoms. The summed E-state index contributed by atoms with van der Waals surface area (Å²) in [6, 6.07) is 0. The number of nitrogens with one attached hydrogen (secondary N) is 2. The van der Waals surface area contributed by atoms with Crippen LogP contribution in [-0.2, 0) is 11.8 Å². The number of piperidine rings is 1. The number of aromatic nitrogens is 3. The molecule has 132 valence electrons. The molecule has 1 amide bonds. The fourth-order valence-corrected chi connectivity index (χ4v) is 4.57. The highest BCUT2D eigenvalue weighted by molar-refractivity contribution is 5.93. The standard InChI is InChI=1S/C18H29N5O/c1-23-18(20-16(22-23)13-7-9-19-10-8-13)21-17(24)15-11-14(15)12-5-3-2-4-6-12/h12-15,19H,2-11H2,1H3,(H,20,21,22,24). The third-order valence-corrected chi connectivity index (χ3v) is 6.15. The van der Waals surface area contributed by atoms with Crippen molar-refractivity contribution in [3.8, 4) is 0 Å². The fraction of sp³-hybridized carbons (Fsp3) is 0.833. The van der Waals surface area contributed by atoms with Gasteiger partial charge >= 0.3 is 0 Å². The lowest BCUT2D eigenvalue weighted by Crippen LogP contribution is -2.27. The van der Waals surface area contributed by atoms with Gasteiger partial charge in [-0.2, -0.15) is 10.1 Å². The van der Waals surface area contributed by atoms with Crippen molar-refractivity contribution in [1.29, 1.82) is 0 Å². The average molecular weight is 331 g/mol. The quantitative estimate of drug-likeness (QED) is 0.889. The van der Waals surface area contributed by atoms with Crippen LogP contribution in [0.3, 0.4) is 0 Å². The van der Waals surface area contributed by atoms with Crippen LogP contribution in [0.2, 0.25) is 0 Å². The highest BCUT2D eigenvalue weighted by Gasteiger charge is 2.47. The van der Waals surface area contributed by atoms with E-state index in [0.717, 1.165) is 44.1 Å². The zero-order chi connectivity index (χ0) is 16.5. The highest BCUT2D eigenvalue weighted by atomic mass is 16.2. The first kappa shape index (κ1) is 16.1. The second-order valence-electron chi connectivity index (χ2n) is 7.83. The molecule has 3 aliphatic rings. The molecule has 0 aromatic carbocycles. The van der Waals surface area contributed by atoms with Gasteiger partial charge in [-0.1, -0.05) is 32.1 Å². The monoisotopic (exact) mass is 331 g/mol. The molecule has 2 atom stereocenters. The van der Waals surface area contributed by atoms with Crippen molar-refractivity contribution in [2.45, 2.75) is 57.3 Å². The second kappa shape index (κ2) is 6.82. The number of nitrogens with zero attached hydrogens (tertiary/aromatic N) is 3. The van der Waals surface area contributed by atoms with Crippen LogP contribution in [0.15, 0.2) is 0 Å². The van der Waals surface area contributed by atoms with Crippen LogP contribution in [0.1, 0.15) is 63.1 Å². The van der Waals surface area contributed by atoms with Gasteiger partial charge in [-0.25, -0.2) is 4.68 Å². The Morgan fingerprint density at radius 2 is 1.92 bits per heavy atom. The molecule has 1 saturated heterocycles. The van der Waals surface area contributed by atoms with E-state index in [4.69, 9.17) is 0 Å². The molecule has 2 heterocycles. The molecular weight excluding hydrogens is 302 g/mol. The topological polar surface area (TPSA) is 71.8 Å². The lowest BCUT2D eigenvalue weighted by Gasteiger charge is -2.21. The number of aryl methyl sites for hydroxylation is 1. The molecule has 1 aliphatic heterocycles. The summed E-state index contributed by atoms with van der Waals surface area (Å²) in [5.74, 6) is 3.66. The summed E-state index contributed by atoms with van der Waals surface area (Å²) in [5.41, 5.74) is 0. The van der Waals surface area contributed by atoms with Gasteiger partial charge in [-0.15, -0.1) is 0 Å². The van der Waals surface area contributed by atoms with E-state index in [0.29, 0.717) is 17.8 Å². The molecule has 6 heteroatoms. The van der Waals surface area contributed by atoms with Crippen molar-refractivity contribution < 1.29 is 4.79 Å². The van der Waals surface area contributed by atoms with Crippen LogP contribution in [-0.4, -0.2) is 33.8 Å². The van der Waals surface area contributed by atoms with Crippen LogP contribution >= 0.6 is 0 Å². The van der Waals surface area contributed by atoms with Crippen LogP contribution < -0.4 is 10.6 Å². The molecular formula is C18H29N5O. The molecule has 2 N–H and O–H groups in total. The first-order valence-electron chi connectivity index (χ1n) is 9.65. The van der Waals surface area contributed by atoms with Crippen LogP contribution in [0.4, 0.5) is 5.95 Å². The van der Waals surface area contributed by atoms with Crippen molar-refractivity contribution in [2.75, 3.05) is 18.4 Å². The van der Waals surface area contributed by atoms with E-state index in [1.807, 2.05) is 7.05 Å². The Balaban J connectivity index is 1.35. The average Bonchev–Trinajstić information content (AvgIpc) is 3.35. The van der Waals surface area contributed by atoms with Crippen molar-refractivity contribution in [3.05, 3.63) is 5.82 Å². The molecule has 0 radical (unpaired) electrons. The molecule has 1 aromatic heterocycles. The normalized spacial score (nSPS) is 28.7. The summed E-state index contributed by atoms with van der Waals surface area (Å²) in [6.07, 6.45) is 9.91. The predicted molar refractivity (Wildman–Crippen MR) is 92.6 cm³/mol. The molecule has 0 spiro atoms. The molecule has 6 nitrogen and oxygen atoms in total. The summed E-state index contributed by atoms with van der Waals surface area (Å²) in [5, 5.41) is 10.9. The third kappa shape index (κ3) is 3.34. The van der Waals surface area contributed by atoms with Crippen molar-refractivity contribution in [2.24, 2.45) is 24.8 Å². The summed E-state index contributed by atoms with van der Waals surface area (Å²) < 4.78 is 1.73. The van der Waals surface area contributed by atoms with E-state index in [9.17, 15) is 4.79 Å². The lowest BCUT2D eigenvalue weighted by molar-refractivity contribution is -0.117. The molecule has 3 fully saturated rings. The van der Waals surface area contributed by atoms with Crippen molar-refractivity contribution >= 4 is 11.9 Å². The zero-order valence-electron chi connectivity index (χ0n) is 14.6. The smallest absolute Gasteiger partial charge is 0.230 e. The fourth-order valence-electron chi connectivity index (χ4n) is 4.57. The maximum Gasteiger partial charge on any atom is 0.230 e. The van der Waals surface area contributed by atoms with Gasteiger partial charge < -0.3 is 5.32 Å². The number of carbonyl (C=O) groups excluding carboxylic acids is 1. The van der Waals surface area contributed by atoms with Crippen molar-refractivity contribution in [3.63, 3.8) is 0 Å². The van der Waals surface area contributed by atoms with Gasteiger partial charge in [0, 0.05) is 18.9 Å². The first-order chi connectivity index (χ1) is 11.7. The van der Waals surface area contributed by atoms with Gasteiger partial charge in [0.05, 0.1) is 0 Å². The molecule has 2 unspecified atom stereocenters. The highest BCUT2D eigenvalue weighted by Crippen LogP contribution is 2.49. The maximum atomic E-state index is 12.6. The van der Waals surface area contributed by atoms with Crippen molar-refractivity contribution in [1.82, 2.24) is 20.1 Å². The number of amides is 1. The molecule has 2 aliphatic carbocycles. The van der Waals surface area contributed by atoms with Gasteiger partial charge in [0.15, 0.2) is 5.82 Å². The number of hydrogen-bond donors (Lipinski definition) is 2. The Hall–Kier alpha value is -1.43. The minimum absolute atomic E-state index is 0.151. The molecule has 1 aromatic rings. The minimum atomic E-state index is 0.151. The second-order valence-corrected chi connectivity index (χ2v) is 7.83. The Labute approximate surface area is 143 Å². The van der Waals surface area contributed by atoms with Gasteiger partial charge in [-0.3, -0.25) is 10.1 Å². The molecule has 2 saturated carbocycles. The van der Waals surface area contributed by atoms with E-state index in [1.54, 1.807) is 4.68 Å². The number of rotatable bonds is 4. The maximum absolute atomic E-state index is 12.6. The minimum Gasteiger partial charge on any atom is -0.317 e. The molecule has 4 rings (SSSR count). The van der Waals surface area contributed by atoms with Gasteiger partial charge in [0.25, 0.3) is 0 Å². The Morgan fingerprint density at radius 3 is 2.67 bits per heavy atom. The Bertz CT molecular complexity index is 586. The van der Waals surface area contributed by atoms with E-state index < -0.39 is 0 Å². The van der Waals surface area contributed by atoms with E-state index in [1.165, 1.54) is 32.1 Å². The molecule has 0 bridgehead atoms. The summed E-state index contributed by atoms with van der Waals surface area (Å²) in [6.45, 7) is 2.05. The lowest BCUT2D eigenvalue weighted by atomic mass is 9.85. The summed E-state index contributed by atoms with van der Waals surface area (Å²) in [4.78, 5) is 17.2. The van der Waals surface area contributed by atoms with Crippen LogP contribution in [0.25, 0.3) is 0 Å². The van der Waals surface area contributed by atoms with E-state index in [-0.39, 0.29) is 11.8 Å². The van der Waals surface area contributed by atoms with Crippen LogP contribution in [0, 0.1) is 17.8 Å². The number of hydrogen-bond acceptors (Lipinski definition) is 4. The zero-order valence-corrected chi connectivity index (χ0v) is 14.6. The summed E-state index contributed by atoms with van der Waals surface area (Å²) in [7, 11) is 1.87. The SMILES string of the molecule is Cn1nc(C2CCNCC2)nc1NC(=O)C1CC1C1CCCCC1. The van der Waals surface area contributed by atoms with Gasteiger partial charge in [0.2, 0.25) is 11.9 Å². The Kier molecular flexibility index (Phi) is 4.57. The summed E-state index contributed by atoms with van der Waals surface area (Å²) >= 11 is 0. The van der Waals surface area contributed by atoms with E-state index in [2.05, 4.69) is 20.7 Å².